The van der Waals surface area contributed by atoms with E-state index < -0.39 is 11.4 Å². The van der Waals surface area contributed by atoms with Crippen molar-refractivity contribution in [1.29, 1.82) is 0 Å². The Morgan fingerprint density at radius 1 is 1.07 bits per heavy atom. The van der Waals surface area contributed by atoms with Gasteiger partial charge in [0.15, 0.2) is 11.5 Å². The van der Waals surface area contributed by atoms with Crippen LogP contribution in [0.4, 0.5) is 10.1 Å². The van der Waals surface area contributed by atoms with Gasteiger partial charge in [-0.15, -0.1) is 0 Å². The second-order valence-electron chi connectivity index (χ2n) is 7.65. The zero-order chi connectivity index (χ0) is 20.1. The van der Waals surface area contributed by atoms with Gasteiger partial charge in [0.05, 0.1) is 11.3 Å². The Labute approximate surface area is 166 Å². The standard InChI is InChI=1S/C22H21FN4O2/c1-14-12-27-13-16(10-19(23)21(27)24-14)18-9-15-3-4-17(11-20(15)29-22(18)28)26-7-5-25(2)6-8-26/h3-4,9-13H,5-8H2,1-2H3. The maximum Gasteiger partial charge on any atom is 0.344 e. The van der Waals surface area contributed by atoms with Gasteiger partial charge in [0.2, 0.25) is 0 Å². The Morgan fingerprint density at radius 3 is 2.66 bits per heavy atom. The molecular weight excluding hydrogens is 371 g/mol. The first-order valence-electron chi connectivity index (χ1n) is 9.64. The first kappa shape index (κ1) is 17.9. The summed E-state index contributed by atoms with van der Waals surface area (Å²) in [6.07, 6.45) is 3.43. The van der Waals surface area contributed by atoms with E-state index in [1.54, 1.807) is 29.8 Å². The molecule has 0 spiro atoms. The van der Waals surface area contributed by atoms with Gasteiger partial charge in [-0.2, -0.15) is 0 Å². The number of pyridine rings is 1. The summed E-state index contributed by atoms with van der Waals surface area (Å²) in [6, 6.07) is 9.00. The highest BCUT2D eigenvalue weighted by atomic mass is 19.1. The van der Waals surface area contributed by atoms with Crippen LogP contribution in [0.15, 0.2) is 51.9 Å². The number of aryl methyl sites for hydroxylation is 1. The van der Waals surface area contributed by atoms with E-state index in [9.17, 15) is 9.18 Å². The zero-order valence-electron chi connectivity index (χ0n) is 16.4. The third-order valence-corrected chi connectivity index (χ3v) is 5.53. The second-order valence-corrected chi connectivity index (χ2v) is 7.65. The lowest BCUT2D eigenvalue weighted by molar-refractivity contribution is 0.313. The van der Waals surface area contributed by atoms with Crippen molar-refractivity contribution in [2.75, 3.05) is 38.1 Å². The number of likely N-dealkylation sites (N-methyl/N-ethyl adjacent to an activating group) is 1. The van der Waals surface area contributed by atoms with Gasteiger partial charge in [-0.05, 0) is 38.2 Å². The lowest BCUT2D eigenvalue weighted by Gasteiger charge is -2.34. The molecule has 7 heteroatoms. The zero-order valence-corrected chi connectivity index (χ0v) is 16.4. The molecule has 29 heavy (non-hydrogen) atoms. The summed E-state index contributed by atoms with van der Waals surface area (Å²) < 4.78 is 21.7. The van der Waals surface area contributed by atoms with E-state index in [0.29, 0.717) is 22.4 Å². The summed E-state index contributed by atoms with van der Waals surface area (Å²) in [5.74, 6) is -0.472. The molecule has 4 aromatic rings. The molecule has 0 unspecified atom stereocenters. The molecule has 0 atom stereocenters. The number of hydrogen-bond acceptors (Lipinski definition) is 5. The van der Waals surface area contributed by atoms with Gasteiger partial charge in [0.1, 0.15) is 5.58 Å². The normalized spacial score (nSPS) is 15.5. The van der Waals surface area contributed by atoms with Crippen molar-refractivity contribution in [2.24, 2.45) is 0 Å². The van der Waals surface area contributed by atoms with Gasteiger partial charge in [0.25, 0.3) is 0 Å². The molecule has 0 N–H and O–H groups in total. The molecule has 0 aliphatic carbocycles. The van der Waals surface area contributed by atoms with E-state index in [-0.39, 0.29) is 5.65 Å². The molecule has 3 aromatic heterocycles. The Kier molecular flexibility index (Phi) is 4.13. The first-order valence-corrected chi connectivity index (χ1v) is 9.64. The van der Waals surface area contributed by atoms with Crippen LogP contribution in [-0.2, 0) is 0 Å². The third kappa shape index (κ3) is 3.17. The van der Waals surface area contributed by atoms with Crippen LogP contribution in [0.5, 0.6) is 0 Å². The summed E-state index contributed by atoms with van der Waals surface area (Å²) >= 11 is 0. The molecular formula is C22H21FN4O2. The maximum absolute atomic E-state index is 14.5. The van der Waals surface area contributed by atoms with Crippen molar-refractivity contribution in [3.05, 3.63) is 64.7 Å². The minimum absolute atomic E-state index is 0.244. The minimum Gasteiger partial charge on any atom is -0.422 e. The number of benzene rings is 1. The van der Waals surface area contributed by atoms with E-state index in [4.69, 9.17) is 4.42 Å². The van der Waals surface area contributed by atoms with Crippen LogP contribution in [0.3, 0.4) is 0 Å². The molecule has 0 bridgehead atoms. The number of aromatic nitrogens is 2. The molecule has 0 saturated carbocycles. The predicted octanol–water partition coefficient (Wildman–Crippen LogP) is 3.31. The summed E-state index contributed by atoms with van der Waals surface area (Å²) in [7, 11) is 2.11. The summed E-state index contributed by atoms with van der Waals surface area (Å²) in [4.78, 5) is 21.4. The van der Waals surface area contributed by atoms with Crippen molar-refractivity contribution >= 4 is 22.3 Å². The predicted molar refractivity (Wildman–Crippen MR) is 111 cm³/mol. The fourth-order valence-electron chi connectivity index (χ4n) is 3.89. The Balaban J connectivity index is 1.57. The van der Waals surface area contributed by atoms with Gasteiger partial charge < -0.3 is 18.6 Å². The summed E-state index contributed by atoms with van der Waals surface area (Å²) in [5, 5.41) is 0.805. The summed E-state index contributed by atoms with van der Waals surface area (Å²) in [6.45, 7) is 5.68. The average Bonchev–Trinajstić information content (AvgIpc) is 3.08. The Hall–Kier alpha value is -3.19. The quantitative estimate of drug-likeness (QED) is 0.490. The van der Waals surface area contributed by atoms with E-state index in [1.165, 1.54) is 6.07 Å². The number of imidazole rings is 1. The topological polar surface area (TPSA) is 54.0 Å². The fourth-order valence-corrected chi connectivity index (χ4v) is 3.89. The van der Waals surface area contributed by atoms with Crippen molar-refractivity contribution in [3.63, 3.8) is 0 Å². The van der Waals surface area contributed by atoms with Crippen LogP contribution in [0.2, 0.25) is 0 Å². The number of rotatable bonds is 2. The highest BCUT2D eigenvalue weighted by Crippen LogP contribution is 2.27. The van der Waals surface area contributed by atoms with E-state index >= 15 is 0 Å². The van der Waals surface area contributed by atoms with Crippen molar-refractivity contribution in [3.8, 4) is 11.1 Å². The molecule has 1 aliphatic rings. The van der Waals surface area contributed by atoms with E-state index in [1.807, 2.05) is 18.2 Å². The number of hydrogen-bond donors (Lipinski definition) is 0. The van der Waals surface area contributed by atoms with Crippen LogP contribution in [0.1, 0.15) is 5.69 Å². The molecule has 1 saturated heterocycles. The molecule has 148 valence electrons. The SMILES string of the molecule is Cc1cn2cc(-c3cc4ccc(N5CCN(C)CC5)cc4oc3=O)cc(F)c2n1. The summed E-state index contributed by atoms with van der Waals surface area (Å²) in [5.41, 5.74) is 2.85. The van der Waals surface area contributed by atoms with E-state index in [0.717, 1.165) is 37.3 Å². The Morgan fingerprint density at radius 2 is 1.86 bits per heavy atom. The van der Waals surface area contributed by atoms with Crippen molar-refractivity contribution in [1.82, 2.24) is 14.3 Å². The molecule has 0 amide bonds. The number of halogens is 1. The van der Waals surface area contributed by atoms with Crippen LogP contribution in [0.25, 0.3) is 27.7 Å². The van der Waals surface area contributed by atoms with Gasteiger partial charge in [-0.25, -0.2) is 14.2 Å². The minimum atomic E-state index is -0.483. The van der Waals surface area contributed by atoms with Gasteiger partial charge >= 0.3 is 5.63 Å². The smallest absolute Gasteiger partial charge is 0.344 e. The number of anilines is 1. The van der Waals surface area contributed by atoms with Crippen molar-refractivity contribution in [2.45, 2.75) is 6.92 Å². The molecule has 1 fully saturated rings. The lowest BCUT2D eigenvalue weighted by Crippen LogP contribution is -2.44. The van der Waals surface area contributed by atoms with Gasteiger partial charge in [-0.1, -0.05) is 0 Å². The number of piperazine rings is 1. The van der Waals surface area contributed by atoms with Crippen LogP contribution >= 0.6 is 0 Å². The third-order valence-electron chi connectivity index (χ3n) is 5.53. The highest BCUT2D eigenvalue weighted by Gasteiger charge is 2.16. The second kappa shape index (κ2) is 6.70. The number of nitrogens with zero attached hydrogens (tertiary/aromatic N) is 4. The van der Waals surface area contributed by atoms with Crippen LogP contribution < -0.4 is 10.5 Å². The fraction of sp³-hybridized carbons (Fsp3) is 0.273. The molecule has 5 rings (SSSR count). The molecule has 1 aromatic carbocycles. The Bertz CT molecular complexity index is 1290. The molecule has 0 radical (unpaired) electrons. The van der Waals surface area contributed by atoms with Gasteiger partial charge in [0, 0.05) is 61.3 Å². The van der Waals surface area contributed by atoms with E-state index in [2.05, 4.69) is 21.8 Å². The molecule has 4 heterocycles. The first-order chi connectivity index (χ1) is 14.0. The molecule has 1 aliphatic heterocycles. The lowest BCUT2D eigenvalue weighted by atomic mass is 10.1. The average molecular weight is 392 g/mol. The van der Waals surface area contributed by atoms with Gasteiger partial charge in [-0.3, -0.25) is 0 Å². The maximum atomic E-state index is 14.5. The molecule has 6 nitrogen and oxygen atoms in total. The monoisotopic (exact) mass is 392 g/mol. The highest BCUT2D eigenvalue weighted by molar-refractivity contribution is 5.84. The number of fused-ring (bicyclic) bond motifs is 2. The van der Waals surface area contributed by atoms with Crippen LogP contribution in [0, 0.1) is 12.7 Å². The largest absolute Gasteiger partial charge is 0.422 e. The van der Waals surface area contributed by atoms with Crippen LogP contribution in [-0.4, -0.2) is 47.5 Å². The van der Waals surface area contributed by atoms with Crippen molar-refractivity contribution < 1.29 is 8.81 Å².